The van der Waals surface area contributed by atoms with Crippen LogP contribution < -0.4 is 5.32 Å². The van der Waals surface area contributed by atoms with Gasteiger partial charge < -0.3 is 5.32 Å². The maximum atomic E-state index is 12.6. The molecule has 6 heteroatoms. The molecule has 0 unspecified atom stereocenters. The second kappa shape index (κ2) is 5.48. The number of hydrogen-bond donors (Lipinski definition) is 1. The zero-order valence-corrected chi connectivity index (χ0v) is 10.3. The lowest BCUT2D eigenvalue weighted by Crippen LogP contribution is -2.10. The van der Waals surface area contributed by atoms with Crippen molar-refractivity contribution in [2.24, 2.45) is 0 Å². The summed E-state index contributed by atoms with van der Waals surface area (Å²) >= 11 is 0. The number of nitrogens with zero attached hydrogens (tertiary/aromatic N) is 3. The van der Waals surface area contributed by atoms with Gasteiger partial charge in [0.2, 0.25) is 0 Å². The van der Waals surface area contributed by atoms with Crippen molar-refractivity contribution in [1.29, 1.82) is 5.26 Å². The number of aromatic nitrogens is 2. The molecule has 0 amide bonds. The molecule has 0 aliphatic rings. The number of benzene rings is 1. The molecule has 98 valence electrons. The van der Waals surface area contributed by atoms with Crippen molar-refractivity contribution in [2.75, 3.05) is 5.32 Å². The van der Waals surface area contributed by atoms with Crippen molar-refractivity contribution in [3.05, 3.63) is 47.5 Å². The van der Waals surface area contributed by atoms with Crippen LogP contribution in [0.1, 0.15) is 23.5 Å². The first-order valence-electron chi connectivity index (χ1n) is 5.67. The number of halogens is 2. The number of nitrogens with one attached hydrogen (secondary N) is 1. The summed E-state index contributed by atoms with van der Waals surface area (Å²) in [7, 11) is 0. The highest BCUT2D eigenvalue weighted by molar-refractivity contribution is 5.60. The Balaban J connectivity index is 2.18. The average Bonchev–Trinajstić information content (AvgIpc) is 2.84. The van der Waals surface area contributed by atoms with Crippen LogP contribution in [0, 0.1) is 18.3 Å². The van der Waals surface area contributed by atoms with Gasteiger partial charge in [-0.2, -0.15) is 14.0 Å². The predicted molar refractivity (Wildman–Crippen MR) is 66.7 cm³/mol. The van der Waals surface area contributed by atoms with Crippen molar-refractivity contribution >= 4 is 5.69 Å². The number of alkyl halides is 2. The largest absolute Gasteiger partial charge is 0.377 e. The van der Waals surface area contributed by atoms with Crippen molar-refractivity contribution in [3.63, 3.8) is 0 Å². The lowest BCUT2D eigenvalue weighted by atomic mass is 10.1. The van der Waals surface area contributed by atoms with E-state index in [4.69, 9.17) is 5.26 Å². The van der Waals surface area contributed by atoms with Gasteiger partial charge in [-0.1, -0.05) is 12.1 Å². The van der Waals surface area contributed by atoms with Gasteiger partial charge in [0.15, 0.2) is 0 Å². The molecule has 0 bridgehead atoms. The molecule has 0 spiro atoms. The summed E-state index contributed by atoms with van der Waals surface area (Å²) in [5, 5.41) is 12.0. The fourth-order valence-corrected chi connectivity index (χ4v) is 1.80. The SMILES string of the molecule is Cc1cccc(NCc2nccn2C(F)F)c1C#N. The number of aryl methyl sites for hydroxylation is 1. The van der Waals surface area contributed by atoms with Crippen LogP contribution in [0.3, 0.4) is 0 Å². The van der Waals surface area contributed by atoms with Gasteiger partial charge in [0.05, 0.1) is 17.8 Å². The van der Waals surface area contributed by atoms with Gasteiger partial charge in [-0.25, -0.2) is 4.98 Å². The maximum absolute atomic E-state index is 12.6. The fraction of sp³-hybridized carbons (Fsp3) is 0.231. The molecule has 2 aromatic rings. The molecular formula is C13H12F2N4. The van der Waals surface area contributed by atoms with E-state index in [1.54, 1.807) is 12.1 Å². The first-order chi connectivity index (χ1) is 9.13. The standard InChI is InChI=1S/C13H12F2N4/c1-9-3-2-4-11(10(9)7-16)18-8-12-17-5-6-19(12)13(14)15/h2-6,13,18H,8H2,1H3. The van der Waals surface area contributed by atoms with Crippen LogP contribution in [0.4, 0.5) is 14.5 Å². The molecule has 1 aromatic heterocycles. The number of nitriles is 1. The minimum Gasteiger partial charge on any atom is -0.377 e. The van der Waals surface area contributed by atoms with E-state index in [1.807, 2.05) is 13.0 Å². The van der Waals surface area contributed by atoms with Gasteiger partial charge in [0.25, 0.3) is 0 Å². The van der Waals surface area contributed by atoms with Crippen LogP contribution in [0.25, 0.3) is 0 Å². The number of imidazole rings is 1. The molecule has 2 rings (SSSR count). The van der Waals surface area contributed by atoms with E-state index >= 15 is 0 Å². The summed E-state index contributed by atoms with van der Waals surface area (Å²) in [6.45, 7) is -0.661. The smallest absolute Gasteiger partial charge is 0.319 e. The van der Waals surface area contributed by atoms with E-state index in [2.05, 4.69) is 16.4 Å². The van der Waals surface area contributed by atoms with Crippen LogP contribution >= 0.6 is 0 Å². The molecule has 0 atom stereocenters. The van der Waals surface area contributed by atoms with Crippen LogP contribution in [0.2, 0.25) is 0 Å². The summed E-state index contributed by atoms with van der Waals surface area (Å²) < 4.78 is 26.1. The maximum Gasteiger partial charge on any atom is 0.319 e. The molecule has 0 radical (unpaired) electrons. The Labute approximate surface area is 109 Å². The normalized spacial score (nSPS) is 10.5. The van der Waals surface area contributed by atoms with Crippen LogP contribution in [0.15, 0.2) is 30.6 Å². The van der Waals surface area contributed by atoms with Gasteiger partial charge in [0, 0.05) is 12.4 Å². The Hall–Kier alpha value is -2.42. The number of rotatable bonds is 4. The Kier molecular flexibility index (Phi) is 3.76. The quantitative estimate of drug-likeness (QED) is 0.921. The van der Waals surface area contributed by atoms with E-state index < -0.39 is 6.55 Å². The monoisotopic (exact) mass is 262 g/mol. The lowest BCUT2D eigenvalue weighted by Gasteiger charge is -2.11. The third-order valence-electron chi connectivity index (χ3n) is 2.78. The Morgan fingerprint density at radius 3 is 2.95 bits per heavy atom. The molecular weight excluding hydrogens is 250 g/mol. The van der Waals surface area contributed by atoms with E-state index in [0.29, 0.717) is 11.3 Å². The lowest BCUT2D eigenvalue weighted by molar-refractivity contribution is 0.0673. The number of anilines is 1. The summed E-state index contributed by atoms with van der Waals surface area (Å²) in [6.07, 6.45) is 2.55. The summed E-state index contributed by atoms with van der Waals surface area (Å²) in [6, 6.07) is 7.46. The highest BCUT2D eigenvalue weighted by Crippen LogP contribution is 2.20. The second-order valence-electron chi connectivity index (χ2n) is 3.99. The molecule has 0 fully saturated rings. The van der Waals surface area contributed by atoms with E-state index in [1.165, 1.54) is 12.4 Å². The van der Waals surface area contributed by atoms with Gasteiger partial charge in [-0.15, -0.1) is 0 Å². The van der Waals surface area contributed by atoms with Crippen molar-refractivity contribution in [2.45, 2.75) is 20.0 Å². The van der Waals surface area contributed by atoms with E-state index in [0.717, 1.165) is 10.1 Å². The minimum atomic E-state index is -2.62. The Morgan fingerprint density at radius 2 is 2.26 bits per heavy atom. The fourth-order valence-electron chi connectivity index (χ4n) is 1.80. The van der Waals surface area contributed by atoms with E-state index in [-0.39, 0.29) is 12.4 Å². The van der Waals surface area contributed by atoms with Gasteiger partial charge in [-0.3, -0.25) is 4.57 Å². The first-order valence-corrected chi connectivity index (χ1v) is 5.67. The highest BCUT2D eigenvalue weighted by atomic mass is 19.3. The second-order valence-corrected chi connectivity index (χ2v) is 3.99. The first kappa shape index (κ1) is 13.0. The Morgan fingerprint density at radius 1 is 1.47 bits per heavy atom. The third-order valence-corrected chi connectivity index (χ3v) is 2.78. The molecule has 0 saturated carbocycles. The zero-order valence-electron chi connectivity index (χ0n) is 10.3. The van der Waals surface area contributed by atoms with Gasteiger partial charge in [0.1, 0.15) is 11.9 Å². The van der Waals surface area contributed by atoms with Crippen molar-refractivity contribution < 1.29 is 8.78 Å². The molecule has 1 heterocycles. The van der Waals surface area contributed by atoms with E-state index in [9.17, 15) is 8.78 Å². The molecule has 19 heavy (non-hydrogen) atoms. The molecule has 0 aliphatic carbocycles. The zero-order chi connectivity index (χ0) is 13.8. The van der Waals surface area contributed by atoms with Crippen LogP contribution in [-0.2, 0) is 6.54 Å². The third kappa shape index (κ3) is 2.71. The highest BCUT2D eigenvalue weighted by Gasteiger charge is 2.11. The molecule has 1 N–H and O–H groups in total. The number of hydrogen-bond acceptors (Lipinski definition) is 3. The molecule has 0 saturated heterocycles. The summed E-state index contributed by atoms with van der Waals surface area (Å²) in [4.78, 5) is 3.87. The minimum absolute atomic E-state index is 0.134. The molecule has 4 nitrogen and oxygen atoms in total. The summed E-state index contributed by atoms with van der Waals surface area (Å²) in [5.41, 5.74) is 1.97. The van der Waals surface area contributed by atoms with Crippen LogP contribution in [0.5, 0.6) is 0 Å². The predicted octanol–water partition coefficient (Wildman–Crippen LogP) is 3.07. The molecule has 1 aromatic carbocycles. The summed E-state index contributed by atoms with van der Waals surface area (Å²) in [5.74, 6) is 0.223. The van der Waals surface area contributed by atoms with Gasteiger partial charge in [-0.05, 0) is 18.6 Å². The average molecular weight is 262 g/mol. The molecule has 0 aliphatic heterocycles. The van der Waals surface area contributed by atoms with Crippen molar-refractivity contribution in [3.8, 4) is 6.07 Å². The van der Waals surface area contributed by atoms with Crippen molar-refractivity contribution in [1.82, 2.24) is 9.55 Å². The topological polar surface area (TPSA) is 53.6 Å². The van der Waals surface area contributed by atoms with Gasteiger partial charge >= 0.3 is 6.55 Å². The van der Waals surface area contributed by atoms with Crippen LogP contribution in [-0.4, -0.2) is 9.55 Å². The Bertz CT molecular complexity index is 613.